The Morgan fingerprint density at radius 2 is 1.61 bits per heavy atom. The summed E-state index contributed by atoms with van der Waals surface area (Å²) in [5.74, 6) is 0. The fourth-order valence-electron chi connectivity index (χ4n) is 3.67. The summed E-state index contributed by atoms with van der Waals surface area (Å²) >= 11 is 0. The lowest BCUT2D eigenvalue weighted by atomic mass is 10.1. The zero-order chi connectivity index (χ0) is 19.6. The highest BCUT2D eigenvalue weighted by molar-refractivity contribution is 7.89. The number of aromatic amines is 2. The first-order valence-electron chi connectivity index (χ1n) is 9.51. The topological polar surface area (TPSA) is 89.3 Å². The number of fused-ring (bicyclic) bond motifs is 1. The van der Waals surface area contributed by atoms with Crippen LogP contribution in [0.5, 0.6) is 0 Å². The van der Waals surface area contributed by atoms with Gasteiger partial charge in [0.05, 0.1) is 15.9 Å². The predicted molar refractivity (Wildman–Crippen MR) is 109 cm³/mol. The summed E-state index contributed by atoms with van der Waals surface area (Å²) in [5.41, 5.74) is 2.10. The minimum atomic E-state index is -3.56. The average Bonchev–Trinajstić information content (AvgIpc) is 3.08. The number of imidazole rings is 1. The van der Waals surface area contributed by atoms with Crippen LogP contribution in [0.4, 0.5) is 0 Å². The van der Waals surface area contributed by atoms with Crippen LogP contribution in [-0.4, -0.2) is 60.3 Å². The van der Waals surface area contributed by atoms with Crippen molar-refractivity contribution in [3.05, 3.63) is 64.6 Å². The number of benzene rings is 2. The van der Waals surface area contributed by atoms with Crippen LogP contribution in [0.25, 0.3) is 11.0 Å². The van der Waals surface area contributed by atoms with Crippen molar-refractivity contribution in [1.29, 1.82) is 0 Å². The van der Waals surface area contributed by atoms with Crippen LogP contribution in [0.15, 0.2) is 58.2 Å². The molecule has 1 aromatic heterocycles. The highest BCUT2D eigenvalue weighted by Crippen LogP contribution is 2.20. The zero-order valence-corrected chi connectivity index (χ0v) is 16.4. The van der Waals surface area contributed by atoms with Gasteiger partial charge in [-0.15, -0.1) is 0 Å². The molecule has 148 valence electrons. The number of sulfonamides is 1. The van der Waals surface area contributed by atoms with Gasteiger partial charge in [-0.2, -0.15) is 4.31 Å². The summed E-state index contributed by atoms with van der Waals surface area (Å²) in [6.07, 6.45) is 2.10. The number of nitrogens with one attached hydrogen (secondary N) is 2. The lowest BCUT2D eigenvalue weighted by Crippen LogP contribution is -2.48. The maximum Gasteiger partial charge on any atom is 0.323 e. The van der Waals surface area contributed by atoms with Crippen molar-refractivity contribution in [1.82, 2.24) is 19.2 Å². The molecule has 2 N–H and O–H groups in total. The number of rotatable bonds is 6. The number of aryl methyl sites for hydroxylation is 1. The Morgan fingerprint density at radius 1 is 0.893 bits per heavy atom. The second-order valence-electron chi connectivity index (χ2n) is 7.12. The van der Waals surface area contributed by atoms with Gasteiger partial charge in [0.25, 0.3) is 0 Å². The largest absolute Gasteiger partial charge is 0.323 e. The maximum absolute atomic E-state index is 12.9. The molecule has 28 heavy (non-hydrogen) atoms. The Kier molecular flexibility index (Phi) is 5.34. The molecule has 1 fully saturated rings. The monoisotopic (exact) mass is 400 g/mol. The lowest BCUT2D eigenvalue weighted by Gasteiger charge is -2.34. The first kappa shape index (κ1) is 18.9. The number of H-pyrrole nitrogens is 2. The van der Waals surface area contributed by atoms with Gasteiger partial charge in [0.1, 0.15) is 0 Å². The zero-order valence-electron chi connectivity index (χ0n) is 15.6. The van der Waals surface area contributed by atoms with Crippen molar-refractivity contribution in [2.24, 2.45) is 0 Å². The van der Waals surface area contributed by atoms with E-state index in [9.17, 15) is 13.2 Å². The minimum absolute atomic E-state index is 0.216. The summed E-state index contributed by atoms with van der Waals surface area (Å²) in [5, 5.41) is 0. The summed E-state index contributed by atoms with van der Waals surface area (Å²) in [6.45, 7) is 3.40. The van der Waals surface area contributed by atoms with Gasteiger partial charge in [0, 0.05) is 26.2 Å². The Bertz CT molecular complexity index is 1100. The van der Waals surface area contributed by atoms with E-state index >= 15 is 0 Å². The highest BCUT2D eigenvalue weighted by Gasteiger charge is 2.28. The predicted octanol–water partition coefficient (Wildman–Crippen LogP) is 1.80. The number of aromatic nitrogens is 2. The molecule has 0 aliphatic carbocycles. The fraction of sp³-hybridized carbons (Fsp3) is 0.350. The first-order valence-corrected chi connectivity index (χ1v) is 10.9. The Hall–Kier alpha value is -2.42. The molecule has 0 atom stereocenters. The molecule has 1 saturated heterocycles. The quantitative estimate of drug-likeness (QED) is 0.660. The van der Waals surface area contributed by atoms with E-state index in [1.165, 1.54) is 15.9 Å². The Labute approximate surface area is 164 Å². The third-order valence-electron chi connectivity index (χ3n) is 5.24. The van der Waals surface area contributed by atoms with E-state index in [1.54, 1.807) is 12.1 Å². The van der Waals surface area contributed by atoms with E-state index in [4.69, 9.17) is 0 Å². The number of hydrogen-bond donors (Lipinski definition) is 2. The molecule has 2 aromatic carbocycles. The first-order chi connectivity index (χ1) is 13.5. The fourth-order valence-corrected chi connectivity index (χ4v) is 5.12. The van der Waals surface area contributed by atoms with Crippen LogP contribution in [0.3, 0.4) is 0 Å². The van der Waals surface area contributed by atoms with Crippen LogP contribution < -0.4 is 5.69 Å². The van der Waals surface area contributed by atoms with E-state index in [1.807, 2.05) is 6.07 Å². The standard InChI is InChI=1S/C20H24N4O3S/c25-20-21-18-9-8-17(15-19(18)22-20)28(26,27)24-13-11-23(12-14-24)10-4-7-16-5-2-1-3-6-16/h1-3,5-6,8-9,15H,4,7,10-14H2,(H2,21,22,25). The van der Waals surface area contributed by atoms with Gasteiger partial charge in [0.15, 0.2) is 0 Å². The third kappa shape index (κ3) is 4.04. The molecular formula is C20H24N4O3S. The van der Waals surface area contributed by atoms with Gasteiger partial charge < -0.3 is 14.9 Å². The molecule has 0 unspecified atom stereocenters. The van der Waals surface area contributed by atoms with Crippen molar-refractivity contribution >= 4 is 21.1 Å². The maximum atomic E-state index is 12.9. The molecule has 0 saturated carbocycles. The summed E-state index contributed by atoms with van der Waals surface area (Å²) in [6, 6.07) is 15.1. The highest BCUT2D eigenvalue weighted by atomic mass is 32.2. The molecular weight excluding hydrogens is 376 g/mol. The molecule has 7 nitrogen and oxygen atoms in total. The lowest BCUT2D eigenvalue weighted by molar-refractivity contribution is 0.187. The van der Waals surface area contributed by atoms with Gasteiger partial charge in [-0.1, -0.05) is 30.3 Å². The summed E-state index contributed by atoms with van der Waals surface area (Å²) in [4.78, 5) is 19.2. The normalized spacial score (nSPS) is 16.6. The van der Waals surface area contributed by atoms with Gasteiger partial charge >= 0.3 is 5.69 Å². The van der Waals surface area contributed by atoms with Gasteiger partial charge in [-0.3, -0.25) is 0 Å². The summed E-state index contributed by atoms with van der Waals surface area (Å²) in [7, 11) is -3.56. The SMILES string of the molecule is O=c1[nH]c2ccc(S(=O)(=O)N3CCN(CCCc4ccccc4)CC3)cc2[nH]1. The van der Waals surface area contributed by atoms with E-state index in [0.717, 1.165) is 32.5 Å². The number of hydrogen-bond acceptors (Lipinski definition) is 4. The smallest absolute Gasteiger partial charge is 0.306 e. The van der Waals surface area contributed by atoms with Crippen molar-refractivity contribution in [3.63, 3.8) is 0 Å². The van der Waals surface area contributed by atoms with Gasteiger partial charge in [-0.05, 0) is 43.1 Å². The van der Waals surface area contributed by atoms with E-state index in [-0.39, 0.29) is 10.6 Å². The summed E-state index contributed by atoms with van der Waals surface area (Å²) < 4.78 is 27.4. The number of piperazine rings is 1. The molecule has 0 amide bonds. The second kappa shape index (κ2) is 7.90. The minimum Gasteiger partial charge on any atom is -0.306 e. The second-order valence-corrected chi connectivity index (χ2v) is 9.06. The molecule has 8 heteroatoms. The molecule has 1 aliphatic rings. The Balaban J connectivity index is 1.34. The van der Waals surface area contributed by atoms with Crippen LogP contribution in [0.1, 0.15) is 12.0 Å². The van der Waals surface area contributed by atoms with E-state index in [2.05, 4.69) is 39.1 Å². The average molecular weight is 401 g/mol. The van der Waals surface area contributed by atoms with Crippen molar-refractivity contribution in [3.8, 4) is 0 Å². The Morgan fingerprint density at radius 3 is 2.36 bits per heavy atom. The third-order valence-corrected chi connectivity index (χ3v) is 7.13. The van der Waals surface area contributed by atoms with Crippen LogP contribution >= 0.6 is 0 Å². The van der Waals surface area contributed by atoms with E-state index in [0.29, 0.717) is 24.1 Å². The molecule has 0 radical (unpaired) electrons. The molecule has 1 aliphatic heterocycles. The van der Waals surface area contributed by atoms with E-state index < -0.39 is 10.0 Å². The van der Waals surface area contributed by atoms with Crippen molar-refractivity contribution < 1.29 is 8.42 Å². The van der Waals surface area contributed by atoms with Crippen LogP contribution in [0.2, 0.25) is 0 Å². The van der Waals surface area contributed by atoms with Crippen molar-refractivity contribution in [2.45, 2.75) is 17.7 Å². The molecule has 4 rings (SSSR count). The molecule has 2 heterocycles. The molecule has 0 bridgehead atoms. The van der Waals surface area contributed by atoms with Crippen molar-refractivity contribution in [2.75, 3.05) is 32.7 Å². The molecule has 3 aromatic rings. The van der Waals surface area contributed by atoms with Crippen LogP contribution in [-0.2, 0) is 16.4 Å². The molecule has 0 spiro atoms. The van der Waals surface area contributed by atoms with Gasteiger partial charge in [0.2, 0.25) is 10.0 Å². The number of nitrogens with zero attached hydrogens (tertiary/aromatic N) is 2. The van der Waals surface area contributed by atoms with Crippen LogP contribution in [0, 0.1) is 0 Å². The van der Waals surface area contributed by atoms with Gasteiger partial charge in [-0.25, -0.2) is 13.2 Å².